The molecular formula is C16H23N3O2S. The highest BCUT2D eigenvalue weighted by atomic mass is 32.1. The third kappa shape index (κ3) is 3.50. The second kappa shape index (κ2) is 6.26. The highest BCUT2D eigenvalue weighted by molar-refractivity contribution is 7.09. The number of carbonyl (C=O) groups excluding carboxylic acids is 1. The molecule has 1 aliphatic heterocycles. The number of amides is 1. The lowest BCUT2D eigenvalue weighted by molar-refractivity contribution is -0.125. The summed E-state index contributed by atoms with van der Waals surface area (Å²) in [5, 5.41) is 6.29. The first kappa shape index (κ1) is 14.6. The summed E-state index contributed by atoms with van der Waals surface area (Å²) in [6.07, 6.45) is 7.02. The molecule has 22 heavy (non-hydrogen) atoms. The van der Waals surface area contributed by atoms with Crippen LogP contribution in [0.15, 0.2) is 11.6 Å². The van der Waals surface area contributed by atoms with Gasteiger partial charge in [0.05, 0.1) is 13.2 Å². The van der Waals surface area contributed by atoms with Crippen molar-refractivity contribution in [2.45, 2.75) is 37.8 Å². The number of morpholine rings is 1. The topological polar surface area (TPSA) is 54.5 Å². The van der Waals surface area contributed by atoms with E-state index in [1.807, 2.05) is 11.6 Å². The predicted molar refractivity (Wildman–Crippen MR) is 84.6 cm³/mol. The van der Waals surface area contributed by atoms with Gasteiger partial charge in [0, 0.05) is 30.7 Å². The lowest BCUT2D eigenvalue weighted by Gasteiger charge is -2.32. The largest absolute Gasteiger partial charge is 0.368 e. The average Bonchev–Trinajstić information content (AvgIpc) is 3.45. The molecule has 4 rings (SSSR count). The number of nitrogens with one attached hydrogen (secondary N) is 1. The molecule has 1 saturated heterocycles. The highest BCUT2D eigenvalue weighted by Gasteiger charge is 2.42. The maximum Gasteiger partial charge on any atom is 0.234 e. The summed E-state index contributed by atoms with van der Waals surface area (Å²) in [4.78, 5) is 18.9. The van der Waals surface area contributed by atoms with Gasteiger partial charge >= 0.3 is 0 Å². The first-order valence-electron chi connectivity index (χ1n) is 8.32. The summed E-state index contributed by atoms with van der Waals surface area (Å²) >= 11 is 1.62. The predicted octanol–water partition coefficient (Wildman–Crippen LogP) is 1.82. The monoisotopic (exact) mass is 321 g/mol. The van der Waals surface area contributed by atoms with Gasteiger partial charge in [-0.15, -0.1) is 11.3 Å². The fourth-order valence-electron chi connectivity index (χ4n) is 3.35. The van der Waals surface area contributed by atoms with Crippen molar-refractivity contribution in [3.8, 4) is 0 Å². The normalized spacial score (nSPS) is 26.3. The van der Waals surface area contributed by atoms with Gasteiger partial charge in [-0.3, -0.25) is 9.69 Å². The lowest BCUT2D eigenvalue weighted by Crippen LogP contribution is -2.47. The second-order valence-corrected chi connectivity index (χ2v) is 7.66. The van der Waals surface area contributed by atoms with Gasteiger partial charge in [0.1, 0.15) is 11.1 Å². The molecular weight excluding hydrogens is 298 g/mol. The zero-order valence-electron chi connectivity index (χ0n) is 12.7. The van der Waals surface area contributed by atoms with Crippen LogP contribution in [0.25, 0.3) is 0 Å². The SMILES string of the molecule is O=C(CN1CCO[C@H](c2nccs2)C1)NC(C1CC1)C1CC1. The molecule has 2 aliphatic carbocycles. The van der Waals surface area contributed by atoms with Crippen molar-refractivity contribution >= 4 is 17.2 Å². The Bertz CT molecular complexity index is 501. The van der Waals surface area contributed by atoms with Gasteiger partial charge in [-0.1, -0.05) is 0 Å². The van der Waals surface area contributed by atoms with E-state index >= 15 is 0 Å². The molecule has 6 heteroatoms. The molecule has 2 saturated carbocycles. The van der Waals surface area contributed by atoms with Crippen LogP contribution in [0, 0.1) is 11.8 Å². The number of hydrogen-bond acceptors (Lipinski definition) is 5. The van der Waals surface area contributed by atoms with E-state index in [-0.39, 0.29) is 12.0 Å². The molecule has 1 N–H and O–H groups in total. The minimum Gasteiger partial charge on any atom is -0.368 e. The maximum atomic E-state index is 12.4. The highest BCUT2D eigenvalue weighted by Crippen LogP contribution is 2.44. The van der Waals surface area contributed by atoms with E-state index < -0.39 is 0 Å². The molecule has 3 fully saturated rings. The van der Waals surface area contributed by atoms with Crippen LogP contribution in [0.4, 0.5) is 0 Å². The van der Waals surface area contributed by atoms with E-state index in [0.29, 0.717) is 19.2 Å². The van der Waals surface area contributed by atoms with Gasteiger partial charge < -0.3 is 10.1 Å². The Labute approximate surface area is 135 Å². The van der Waals surface area contributed by atoms with Gasteiger partial charge in [0.15, 0.2) is 0 Å². The van der Waals surface area contributed by atoms with E-state index in [1.54, 1.807) is 11.3 Å². The van der Waals surface area contributed by atoms with Crippen molar-refractivity contribution in [3.05, 3.63) is 16.6 Å². The molecule has 0 bridgehead atoms. The maximum absolute atomic E-state index is 12.4. The standard InChI is InChI=1S/C16H23N3O2S/c20-14(18-15(11-1-2-11)12-3-4-12)10-19-6-7-21-13(9-19)16-17-5-8-22-16/h5,8,11-13,15H,1-4,6-7,9-10H2,(H,18,20)/t13-/m0/s1. The van der Waals surface area contributed by atoms with Crippen molar-refractivity contribution in [2.24, 2.45) is 11.8 Å². The van der Waals surface area contributed by atoms with Crippen molar-refractivity contribution < 1.29 is 9.53 Å². The smallest absolute Gasteiger partial charge is 0.234 e. The van der Waals surface area contributed by atoms with E-state index in [4.69, 9.17) is 4.74 Å². The minimum atomic E-state index is 0.0178. The van der Waals surface area contributed by atoms with Crippen LogP contribution in [0.5, 0.6) is 0 Å². The van der Waals surface area contributed by atoms with Gasteiger partial charge in [0.2, 0.25) is 5.91 Å². The zero-order valence-corrected chi connectivity index (χ0v) is 13.6. The number of ether oxygens (including phenoxy) is 1. The van der Waals surface area contributed by atoms with Crippen LogP contribution in [0.2, 0.25) is 0 Å². The fourth-order valence-corrected chi connectivity index (χ4v) is 4.03. The van der Waals surface area contributed by atoms with Gasteiger partial charge in [0.25, 0.3) is 0 Å². The third-order valence-corrected chi connectivity index (χ3v) is 5.70. The zero-order chi connectivity index (χ0) is 14.9. The molecule has 0 unspecified atom stereocenters. The number of nitrogens with zero attached hydrogens (tertiary/aromatic N) is 2. The summed E-state index contributed by atoms with van der Waals surface area (Å²) in [5.74, 6) is 1.69. The van der Waals surface area contributed by atoms with Crippen LogP contribution in [-0.4, -0.2) is 48.1 Å². The molecule has 0 radical (unpaired) electrons. The fraction of sp³-hybridized carbons (Fsp3) is 0.750. The Kier molecular flexibility index (Phi) is 4.15. The Morgan fingerprint density at radius 3 is 2.82 bits per heavy atom. The van der Waals surface area contributed by atoms with Crippen molar-refractivity contribution in [1.29, 1.82) is 0 Å². The van der Waals surface area contributed by atoms with Crippen molar-refractivity contribution in [3.63, 3.8) is 0 Å². The van der Waals surface area contributed by atoms with Gasteiger partial charge in [-0.2, -0.15) is 0 Å². The molecule has 1 amide bonds. The Morgan fingerprint density at radius 1 is 1.41 bits per heavy atom. The van der Waals surface area contributed by atoms with E-state index in [9.17, 15) is 4.79 Å². The molecule has 1 atom stereocenters. The Morgan fingerprint density at radius 2 is 2.18 bits per heavy atom. The third-order valence-electron chi connectivity index (χ3n) is 4.83. The number of carbonyl (C=O) groups is 1. The first-order chi connectivity index (χ1) is 10.8. The second-order valence-electron chi connectivity index (χ2n) is 6.73. The molecule has 120 valence electrons. The van der Waals surface area contributed by atoms with E-state index in [1.165, 1.54) is 25.7 Å². The number of aromatic nitrogens is 1. The molecule has 1 aromatic rings. The summed E-state index contributed by atoms with van der Waals surface area (Å²) < 4.78 is 5.79. The number of thiazole rings is 1. The van der Waals surface area contributed by atoms with E-state index in [2.05, 4.69) is 15.2 Å². The molecule has 0 aromatic carbocycles. The summed E-state index contributed by atoms with van der Waals surface area (Å²) in [5.41, 5.74) is 0. The van der Waals surface area contributed by atoms with Crippen LogP contribution < -0.4 is 5.32 Å². The van der Waals surface area contributed by atoms with Gasteiger partial charge in [-0.25, -0.2) is 4.98 Å². The van der Waals surface area contributed by atoms with Crippen LogP contribution in [-0.2, 0) is 9.53 Å². The van der Waals surface area contributed by atoms with Crippen molar-refractivity contribution in [2.75, 3.05) is 26.2 Å². The first-order valence-corrected chi connectivity index (χ1v) is 9.20. The van der Waals surface area contributed by atoms with Crippen LogP contribution in [0.1, 0.15) is 36.8 Å². The lowest BCUT2D eigenvalue weighted by atomic mass is 10.1. The van der Waals surface area contributed by atoms with Crippen LogP contribution in [0.3, 0.4) is 0 Å². The summed E-state index contributed by atoms with van der Waals surface area (Å²) in [7, 11) is 0. The number of rotatable bonds is 6. The number of hydrogen-bond donors (Lipinski definition) is 1. The Balaban J connectivity index is 1.29. The average molecular weight is 321 g/mol. The van der Waals surface area contributed by atoms with Crippen molar-refractivity contribution in [1.82, 2.24) is 15.2 Å². The summed E-state index contributed by atoms with van der Waals surface area (Å²) in [6, 6.07) is 0.448. The van der Waals surface area contributed by atoms with Crippen LogP contribution >= 0.6 is 11.3 Å². The molecule has 1 aromatic heterocycles. The van der Waals surface area contributed by atoms with E-state index in [0.717, 1.165) is 29.9 Å². The molecule has 2 heterocycles. The minimum absolute atomic E-state index is 0.0178. The Hall–Kier alpha value is -0.980. The van der Waals surface area contributed by atoms with Gasteiger partial charge in [-0.05, 0) is 37.5 Å². The molecule has 3 aliphatic rings. The molecule has 5 nitrogen and oxygen atoms in total. The molecule has 0 spiro atoms. The summed E-state index contributed by atoms with van der Waals surface area (Å²) in [6.45, 7) is 2.75. The quantitative estimate of drug-likeness (QED) is 0.868.